The van der Waals surface area contributed by atoms with Gasteiger partial charge in [0.05, 0.1) is 23.0 Å². The van der Waals surface area contributed by atoms with Crippen LogP contribution in [0, 0.1) is 40.4 Å². The Labute approximate surface area is 560 Å². The Hall–Kier alpha value is -11.8. The third kappa shape index (κ3) is 16.1. The van der Waals surface area contributed by atoms with E-state index >= 15 is 0 Å². The average molecular weight is 1370 g/mol. The van der Waals surface area contributed by atoms with Gasteiger partial charge in [-0.15, -0.1) is 10.2 Å². The van der Waals surface area contributed by atoms with Crippen molar-refractivity contribution in [2.75, 3.05) is 0 Å². The second-order valence-corrected chi connectivity index (χ2v) is 23.1. The van der Waals surface area contributed by atoms with Gasteiger partial charge in [-0.05, 0) is 91.9 Å². The van der Waals surface area contributed by atoms with Crippen LogP contribution in [0.15, 0.2) is 184 Å². The molecule has 0 aliphatic rings. The number of nitrogens with one attached hydrogen (secondary N) is 2. The molecular formula is C71H64F2N18O5Se. The molecule has 0 radical (unpaired) electrons. The molecule has 10 heterocycles. The van der Waals surface area contributed by atoms with Crippen LogP contribution in [0.2, 0.25) is 0 Å². The fourth-order valence-corrected chi connectivity index (χ4v) is 10.7. The van der Waals surface area contributed by atoms with Crippen LogP contribution in [0.1, 0.15) is 86.4 Å². The number of aryl methyl sites for hydroxylation is 8. The van der Waals surface area contributed by atoms with E-state index < -0.39 is 5.43 Å². The molecule has 0 saturated heterocycles. The molecule has 0 aliphatic carbocycles. The molecule has 10 aromatic heterocycles. The predicted molar refractivity (Wildman–Crippen MR) is 360 cm³/mol. The predicted octanol–water partition coefficient (Wildman–Crippen LogP) is 10.3. The maximum absolute atomic E-state index is 13.0. The molecular weight excluding hydrogens is 1300 g/mol. The summed E-state index contributed by atoms with van der Waals surface area (Å²) in [6.45, 7) is 4.05. The van der Waals surface area contributed by atoms with Crippen LogP contribution < -0.4 is 16.1 Å². The van der Waals surface area contributed by atoms with Crippen molar-refractivity contribution in [3.8, 4) is 23.2 Å². The van der Waals surface area contributed by atoms with Gasteiger partial charge in [0.25, 0.3) is 5.89 Å². The molecule has 14 aromatic rings. The first-order valence-corrected chi connectivity index (χ1v) is 30.9. The third-order valence-corrected chi connectivity index (χ3v) is 16.1. The number of hydrogen-bond donors (Lipinski definition) is 2. The molecule has 4 aromatic carbocycles. The minimum atomic E-state index is -0.396. The zero-order valence-electron chi connectivity index (χ0n) is 52.8. The fraction of sp³-hybridized carbons (Fsp3) is 0.183. The number of fused-ring (bicyclic) bond motifs is 4. The zero-order chi connectivity index (χ0) is 67.6. The Balaban J connectivity index is 0.000000140. The molecule has 23 nitrogen and oxygen atoms in total. The summed E-state index contributed by atoms with van der Waals surface area (Å²) in [6.07, 6.45) is 9.13. The second-order valence-electron chi connectivity index (χ2n) is 22.2. The van der Waals surface area contributed by atoms with Gasteiger partial charge < -0.3 is 4.42 Å². The molecule has 2 N–H and O–H groups in total. The molecule has 14 rings (SSSR count). The van der Waals surface area contributed by atoms with E-state index in [0.717, 1.165) is 48.4 Å². The first-order chi connectivity index (χ1) is 46.3. The van der Waals surface area contributed by atoms with Crippen molar-refractivity contribution in [2.24, 2.45) is 28.2 Å². The van der Waals surface area contributed by atoms with E-state index in [1.165, 1.54) is 40.1 Å². The number of nitrogens with zero attached hydrogens (tertiary/aromatic N) is 16. The van der Waals surface area contributed by atoms with Gasteiger partial charge in [0.1, 0.15) is 33.1 Å². The molecule has 0 spiro atoms. The van der Waals surface area contributed by atoms with Gasteiger partial charge in [-0.3, -0.25) is 54.2 Å². The standard InChI is InChI=1S/C18H18N4O.C18H17N3O2.C17H13FN6O.C17H12FN5OSe.CH4/c1-12-5-7-13(8-6-12)9-10-15(23)18-16(19)17-14(22(2)21-18)4-3-11-20-17;1-12-5-7-13(8-6-12)9-10-15(22)17-18(23)16-14(21(2)20-17)4-3-11-19-16;1-24-12-3-2-8-20-15(12)14(19)16(23-24)17-22-21-13(25-17)9-10-4-6-11(18)7-5-10;1-23-12-3-2-8-19-14(12)16(25)15(22-23)17-21-20-13(24-17)9-10-4-6-11(18)7-5-10;/h3-8,11,19H,9-10H2,1-2H3;3-8,11H,9-10H2,1-2H3;2-8,19H,9H2,1H3;2-8H,9H2,1H3;1H4. The first-order valence-electron chi connectivity index (χ1n) is 30.0. The zero-order valence-corrected chi connectivity index (χ0v) is 54.5. The number of benzene rings is 4. The van der Waals surface area contributed by atoms with Crippen LogP contribution in [-0.4, -0.2) is 107 Å². The Morgan fingerprint density at radius 1 is 0.454 bits per heavy atom. The number of Topliss-reactive ketones (excluding diaryl/α,β-unsaturated/α-hetero) is 2. The van der Waals surface area contributed by atoms with Crippen molar-refractivity contribution in [3.63, 3.8) is 0 Å². The van der Waals surface area contributed by atoms with E-state index in [4.69, 9.17) is 19.7 Å². The summed E-state index contributed by atoms with van der Waals surface area (Å²) in [7, 11) is 7.08. The number of halogens is 2. The quantitative estimate of drug-likeness (QED) is 0.0755. The SMILES string of the molecule is C.Cc1ccc(CCC(=O)c2nn(C)c3cccnc3c2=N)cc1.Cc1ccc(CCC(=O)c2nn(C)c3cccnc3c2=O)cc1.Cn1nc(-c2nnc(Cc3ccc(F)cc3)o2)c(=N)c2ncccc21.Cn1nc(-c2nnc(Cc3ccc(F)cc3)o2)c(=[Se])c2ncccc21. The van der Waals surface area contributed by atoms with Crippen LogP contribution in [0.4, 0.5) is 8.78 Å². The van der Waals surface area contributed by atoms with Gasteiger partial charge in [0.15, 0.2) is 28.6 Å². The van der Waals surface area contributed by atoms with Crippen LogP contribution in [0.25, 0.3) is 67.3 Å². The van der Waals surface area contributed by atoms with Gasteiger partial charge >= 0.3 is 149 Å². The molecule has 0 bridgehead atoms. The molecule has 97 heavy (non-hydrogen) atoms. The summed E-state index contributed by atoms with van der Waals surface area (Å²) in [5.41, 5.74) is 11.9. The molecule has 488 valence electrons. The fourth-order valence-electron chi connectivity index (χ4n) is 10.1. The summed E-state index contributed by atoms with van der Waals surface area (Å²) in [5.74, 6) is 0.325. The van der Waals surface area contributed by atoms with Crippen molar-refractivity contribution < 1.29 is 27.2 Å². The number of pyridine rings is 4. The number of hydrogen-bond acceptors (Lipinski definition) is 19. The molecule has 0 amide bonds. The number of aromatic nitrogens is 16. The topological polar surface area (TPSA) is 300 Å². The summed E-state index contributed by atoms with van der Waals surface area (Å²) in [6, 6.07) is 43.0. The molecule has 0 aliphatic heterocycles. The number of rotatable bonds is 14. The first kappa shape index (κ1) is 68.1. The van der Waals surface area contributed by atoms with Crippen molar-refractivity contribution in [3.05, 3.63) is 264 Å². The second kappa shape index (κ2) is 30.5. The minimum absolute atomic E-state index is 0. The summed E-state index contributed by atoms with van der Waals surface area (Å²) < 4.78 is 44.6. The van der Waals surface area contributed by atoms with E-state index in [0.29, 0.717) is 72.0 Å². The van der Waals surface area contributed by atoms with Gasteiger partial charge in [-0.25, -0.2) is 4.39 Å². The normalized spacial score (nSPS) is 10.9. The van der Waals surface area contributed by atoms with Crippen molar-refractivity contribution >= 4 is 71.3 Å². The van der Waals surface area contributed by atoms with Gasteiger partial charge in [-0.1, -0.05) is 79.2 Å². The van der Waals surface area contributed by atoms with E-state index in [2.05, 4.69) is 76.3 Å². The molecule has 26 heteroatoms. The van der Waals surface area contributed by atoms with Crippen molar-refractivity contribution in [1.29, 1.82) is 10.8 Å². The van der Waals surface area contributed by atoms with Crippen LogP contribution in [0.3, 0.4) is 0 Å². The number of carbonyl (C=O) groups excluding carboxylic acids is 2. The monoisotopic (exact) mass is 1370 g/mol. The van der Waals surface area contributed by atoms with Crippen LogP contribution >= 0.6 is 0 Å². The van der Waals surface area contributed by atoms with Crippen molar-refractivity contribution in [1.82, 2.24) is 79.5 Å². The Morgan fingerprint density at radius 2 is 0.814 bits per heavy atom. The Morgan fingerprint density at radius 3 is 1.29 bits per heavy atom. The van der Waals surface area contributed by atoms with E-state index in [-0.39, 0.29) is 76.3 Å². The molecule has 0 unspecified atom stereocenters. The van der Waals surface area contributed by atoms with Gasteiger partial charge in [-0.2, -0.15) is 15.3 Å². The molecule has 0 fully saturated rings. The van der Waals surface area contributed by atoms with Crippen molar-refractivity contribution in [2.45, 2.75) is 59.8 Å². The third-order valence-electron chi connectivity index (χ3n) is 15.3. The molecule has 0 saturated carbocycles. The summed E-state index contributed by atoms with van der Waals surface area (Å²) in [5, 5.41) is 50.2. The van der Waals surface area contributed by atoms with E-state index in [1.807, 2.05) is 93.7 Å². The van der Waals surface area contributed by atoms with Crippen LogP contribution in [0.5, 0.6) is 0 Å². The summed E-state index contributed by atoms with van der Waals surface area (Å²) in [4.78, 5) is 54.2. The van der Waals surface area contributed by atoms with Crippen LogP contribution in [-0.2, 0) is 53.9 Å². The van der Waals surface area contributed by atoms with E-state index in [9.17, 15) is 23.2 Å². The number of ketones is 2. The van der Waals surface area contributed by atoms with Gasteiger partial charge in [0.2, 0.25) is 11.3 Å². The number of carbonyl (C=O) groups is 2. The maximum atomic E-state index is 13.0. The average Bonchev–Trinajstić information content (AvgIpc) is 1.74. The Kier molecular flexibility index (Phi) is 21.4. The van der Waals surface area contributed by atoms with E-state index in [1.54, 1.807) is 109 Å². The summed E-state index contributed by atoms with van der Waals surface area (Å²) >= 11 is 3.00. The Bertz CT molecular complexity index is 5110. The molecule has 0 atom stereocenters. The van der Waals surface area contributed by atoms with Gasteiger partial charge in [0, 0.05) is 52.6 Å².